The van der Waals surface area contributed by atoms with Crippen molar-refractivity contribution in [3.8, 4) is 6.07 Å². The summed E-state index contributed by atoms with van der Waals surface area (Å²) in [6.07, 6.45) is 4.41. The van der Waals surface area contributed by atoms with E-state index in [0.717, 1.165) is 30.5 Å². The molecule has 0 radical (unpaired) electrons. The van der Waals surface area contributed by atoms with Crippen LogP contribution in [0.2, 0.25) is 0 Å². The van der Waals surface area contributed by atoms with Crippen LogP contribution in [0.25, 0.3) is 0 Å². The monoisotopic (exact) mass is 584 g/mol. The zero-order chi connectivity index (χ0) is 28.8. The SMILES string of the molecule is Cc1ccnc(NS(=O)(=O)c2ccc(NC(=O)CCSc3nc4c(cc3C#N)CC(c3ccccc3)CC4)cc2)n1. The molecule has 2 N–H and O–H groups in total. The predicted octanol–water partition coefficient (Wildman–Crippen LogP) is 5.25. The number of fused-ring (bicyclic) bond motifs is 1. The Kier molecular flexibility index (Phi) is 8.61. The van der Waals surface area contributed by atoms with Crippen LogP contribution in [0.15, 0.2) is 82.8 Å². The molecule has 1 atom stereocenters. The third kappa shape index (κ3) is 7.09. The molecule has 0 bridgehead atoms. The van der Waals surface area contributed by atoms with Crippen LogP contribution in [-0.2, 0) is 27.7 Å². The van der Waals surface area contributed by atoms with Gasteiger partial charge in [-0.25, -0.2) is 28.1 Å². The number of aryl methyl sites for hydroxylation is 2. The van der Waals surface area contributed by atoms with Gasteiger partial charge in [-0.1, -0.05) is 30.3 Å². The summed E-state index contributed by atoms with van der Waals surface area (Å²) in [6, 6.07) is 22.2. The highest BCUT2D eigenvalue weighted by Gasteiger charge is 2.23. The van der Waals surface area contributed by atoms with Gasteiger partial charge in [-0.3, -0.25) is 4.79 Å². The van der Waals surface area contributed by atoms with Crippen LogP contribution in [0.5, 0.6) is 0 Å². The molecule has 0 aliphatic heterocycles. The number of benzene rings is 2. The number of nitrogens with zero attached hydrogens (tertiary/aromatic N) is 4. The highest BCUT2D eigenvalue weighted by molar-refractivity contribution is 7.99. The number of aromatic nitrogens is 3. The Morgan fingerprint density at radius 2 is 1.88 bits per heavy atom. The molecule has 4 aromatic rings. The largest absolute Gasteiger partial charge is 0.326 e. The number of nitriles is 1. The molecule has 208 valence electrons. The van der Waals surface area contributed by atoms with Gasteiger partial charge in [0.15, 0.2) is 0 Å². The first-order valence-electron chi connectivity index (χ1n) is 13.1. The molecule has 1 aliphatic rings. The summed E-state index contributed by atoms with van der Waals surface area (Å²) in [6.45, 7) is 1.74. The molecule has 2 aromatic heterocycles. The molecule has 1 unspecified atom stereocenters. The van der Waals surface area contributed by atoms with E-state index in [1.807, 2.05) is 12.1 Å². The maximum atomic E-state index is 12.6. The Morgan fingerprint density at radius 3 is 2.61 bits per heavy atom. The number of carbonyl (C=O) groups is 1. The van der Waals surface area contributed by atoms with E-state index in [-0.39, 0.29) is 23.2 Å². The van der Waals surface area contributed by atoms with Crippen molar-refractivity contribution >= 4 is 39.3 Å². The number of thioether (sulfide) groups is 1. The van der Waals surface area contributed by atoms with Gasteiger partial charge in [-0.2, -0.15) is 5.26 Å². The number of carbonyl (C=O) groups excluding carboxylic acids is 1. The van der Waals surface area contributed by atoms with Gasteiger partial charge in [0.05, 0.1) is 10.5 Å². The molecule has 2 aromatic carbocycles. The van der Waals surface area contributed by atoms with Crippen LogP contribution in [0.4, 0.5) is 11.6 Å². The lowest BCUT2D eigenvalue weighted by Crippen LogP contribution is -2.16. The van der Waals surface area contributed by atoms with Crippen molar-refractivity contribution in [2.24, 2.45) is 0 Å². The lowest BCUT2D eigenvalue weighted by Gasteiger charge is -2.25. The summed E-state index contributed by atoms with van der Waals surface area (Å²) in [5, 5.41) is 13.2. The van der Waals surface area contributed by atoms with E-state index >= 15 is 0 Å². The molecule has 1 amide bonds. The average Bonchev–Trinajstić information content (AvgIpc) is 2.97. The fourth-order valence-corrected chi connectivity index (χ4v) is 6.57. The fourth-order valence-electron chi connectivity index (χ4n) is 4.70. The molecular formula is C30H28N6O3S2. The van der Waals surface area contributed by atoms with E-state index < -0.39 is 10.0 Å². The van der Waals surface area contributed by atoms with Gasteiger partial charge in [0.1, 0.15) is 11.1 Å². The molecule has 0 saturated heterocycles. The second kappa shape index (κ2) is 12.5. The minimum absolute atomic E-state index is 0.00997. The smallest absolute Gasteiger partial charge is 0.264 e. The molecule has 0 spiro atoms. The molecule has 41 heavy (non-hydrogen) atoms. The van der Waals surface area contributed by atoms with Crippen molar-refractivity contribution in [1.29, 1.82) is 5.26 Å². The number of sulfonamides is 1. The van der Waals surface area contributed by atoms with E-state index in [1.165, 1.54) is 47.8 Å². The van der Waals surface area contributed by atoms with Gasteiger partial charge in [0.25, 0.3) is 10.0 Å². The molecular weight excluding hydrogens is 557 g/mol. The minimum atomic E-state index is -3.88. The van der Waals surface area contributed by atoms with E-state index in [2.05, 4.69) is 50.3 Å². The second-order valence-electron chi connectivity index (χ2n) is 9.71. The molecule has 11 heteroatoms. The first kappa shape index (κ1) is 28.3. The Balaban J connectivity index is 1.15. The van der Waals surface area contributed by atoms with Crippen molar-refractivity contribution in [1.82, 2.24) is 15.0 Å². The van der Waals surface area contributed by atoms with Crippen molar-refractivity contribution < 1.29 is 13.2 Å². The highest BCUT2D eigenvalue weighted by Crippen LogP contribution is 2.34. The van der Waals surface area contributed by atoms with E-state index in [9.17, 15) is 18.5 Å². The van der Waals surface area contributed by atoms with Crippen molar-refractivity contribution in [2.75, 3.05) is 15.8 Å². The van der Waals surface area contributed by atoms with Crippen LogP contribution in [-0.4, -0.2) is 35.0 Å². The molecule has 5 rings (SSSR count). The van der Waals surface area contributed by atoms with Gasteiger partial charge in [0, 0.05) is 35.4 Å². The first-order chi connectivity index (χ1) is 19.8. The number of anilines is 2. The summed E-state index contributed by atoms with van der Waals surface area (Å²) in [7, 11) is -3.88. The molecule has 9 nitrogen and oxygen atoms in total. The molecule has 0 saturated carbocycles. The zero-order valence-electron chi connectivity index (χ0n) is 22.4. The summed E-state index contributed by atoms with van der Waals surface area (Å²) in [4.78, 5) is 25.4. The van der Waals surface area contributed by atoms with Crippen LogP contribution >= 0.6 is 11.8 Å². The van der Waals surface area contributed by atoms with Gasteiger partial charge in [-0.15, -0.1) is 11.8 Å². The second-order valence-corrected chi connectivity index (χ2v) is 12.5. The lowest BCUT2D eigenvalue weighted by molar-refractivity contribution is -0.115. The zero-order valence-corrected chi connectivity index (χ0v) is 24.0. The minimum Gasteiger partial charge on any atom is -0.326 e. The van der Waals surface area contributed by atoms with Gasteiger partial charge in [0.2, 0.25) is 11.9 Å². The van der Waals surface area contributed by atoms with Crippen molar-refractivity contribution in [2.45, 2.75) is 48.4 Å². The summed E-state index contributed by atoms with van der Waals surface area (Å²) in [5.74, 6) is 0.642. The number of hydrogen-bond acceptors (Lipinski definition) is 8. The van der Waals surface area contributed by atoms with Gasteiger partial charge < -0.3 is 5.32 Å². The van der Waals surface area contributed by atoms with Crippen LogP contribution < -0.4 is 10.0 Å². The highest BCUT2D eigenvalue weighted by atomic mass is 32.2. The van der Waals surface area contributed by atoms with Crippen LogP contribution in [0.3, 0.4) is 0 Å². The van der Waals surface area contributed by atoms with Gasteiger partial charge in [-0.05, 0) is 79.6 Å². The van der Waals surface area contributed by atoms with Crippen LogP contribution in [0.1, 0.15) is 46.8 Å². The lowest BCUT2D eigenvalue weighted by atomic mass is 9.82. The standard InChI is InChI=1S/C30H28N6O3S2/c1-20-13-15-32-30(33-20)36-41(38,39)26-10-8-25(9-11-26)34-28(37)14-16-40-29-24(19-31)18-23-17-22(7-12-27(23)35-29)21-5-3-2-4-6-21/h2-6,8-11,13,15,18,22H,7,12,14,16-17H2,1H3,(H,34,37)(H,32,33,36). The molecule has 2 heterocycles. The summed E-state index contributed by atoms with van der Waals surface area (Å²) >= 11 is 1.39. The number of amides is 1. The Hall–Kier alpha value is -4.27. The average molecular weight is 585 g/mol. The number of nitrogens with one attached hydrogen (secondary N) is 2. The molecule has 0 fully saturated rings. The topological polar surface area (TPSA) is 138 Å². The third-order valence-electron chi connectivity index (χ3n) is 6.78. The Morgan fingerprint density at radius 1 is 1.10 bits per heavy atom. The number of pyridine rings is 1. The Labute approximate surface area is 243 Å². The normalized spacial score (nSPS) is 14.5. The van der Waals surface area contributed by atoms with E-state index in [4.69, 9.17) is 4.98 Å². The first-order valence-corrected chi connectivity index (χ1v) is 15.6. The third-order valence-corrected chi connectivity index (χ3v) is 9.12. The number of hydrogen-bond donors (Lipinski definition) is 2. The molecule has 1 aliphatic carbocycles. The van der Waals surface area contributed by atoms with E-state index in [0.29, 0.717) is 33.6 Å². The van der Waals surface area contributed by atoms with E-state index in [1.54, 1.807) is 13.0 Å². The predicted molar refractivity (Wildman–Crippen MR) is 158 cm³/mol. The van der Waals surface area contributed by atoms with Gasteiger partial charge >= 0.3 is 0 Å². The number of rotatable bonds is 9. The fraction of sp³-hybridized carbons (Fsp3) is 0.233. The summed E-state index contributed by atoms with van der Waals surface area (Å²) < 4.78 is 27.6. The maximum Gasteiger partial charge on any atom is 0.264 e. The quantitative estimate of drug-likeness (QED) is 0.255. The Bertz CT molecular complexity index is 1700. The summed E-state index contributed by atoms with van der Waals surface area (Å²) in [5.41, 5.74) is 5.10. The van der Waals surface area contributed by atoms with Crippen molar-refractivity contribution in [3.05, 3.63) is 101 Å². The van der Waals surface area contributed by atoms with Crippen molar-refractivity contribution in [3.63, 3.8) is 0 Å². The maximum absolute atomic E-state index is 12.6. The van der Waals surface area contributed by atoms with Crippen LogP contribution in [0, 0.1) is 18.3 Å².